The summed E-state index contributed by atoms with van der Waals surface area (Å²) < 4.78 is 33.4. The van der Waals surface area contributed by atoms with Crippen LogP contribution in [0.4, 0.5) is 8.78 Å². The highest BCUT2D eigenvalue weighted by Crippen LogP contribution is 2.34. The van der Waals surface area contributed by atoms with Gasteiger partial charge in [0, 0.05) is 28.7 Å². The zero-order chi connectivity index (χ0) is 16.6. The quantitative estimate of drug-likeness (QED) is 0.394. The topological polar surface area (TPSA) is 80.1 Å². The molecule has 1 heterocycles. The Morgan fingerprint density at radius 1 is 1.22 bits per heavy atom. The summed E-state index contributed by atoms with van der Waals surface area (Å²) in [7, 11) is 0. The monoisotopic (exact) mass is 317 g/mol. The van der Waals surface area contributed by atoms with Gasteiger partial charge in [0.15, 0.2) is 11.6 Å². The molecule has 0 radical (unpaired) electrons. The first kappa shape index (κ1) is 15.0. The highest BCUT2D eigenvalue weighted by Gasteiger charge is 2.16. The lowest BCUT2D eigenvalue weighted by molar-refractivity contribution is 0.0949. The van der Waals surface area contributed by atoms with E-state index in [9.17, 15) is 13.6 Å². The van der Waals surface area contributed by atoms with Gasteiger partial charge in [-0.2, -0.15) is 0 Å². The fourth-order valence-electron chi connectivity index (χ4n) is 2.39. The van der Waals surface area contributed by atoms with Crippen molar-refractivity contribution < 1.29 is 18.3 Å². The molecule has 2 aromatic carbocycles. The van der Waals surface area contributed by atoms with Gasteiger partial charge in [-0.25, -0.2) is 14.6 Å². The number of aromatic amines is 1. The van der Waals surface area contributed by atoms with E-state index >= 15 is 0 Å². The van der Waals surface area contributed by atoms with Crippen LogP contribution in [0.3, 0.4) is 0 Å². The molecule has 118 valence electrons. The number of benzene rings is 2. The Bertz CT molecular complexity index is 906. The van der Waals surface area contributed by atoms with Gasteiger partial charge in [-0.05, 0) is 31.2 Å². The molecule has 7 heteroatoms. The Hall–Kier alpha value is -2.93. The van der Waals surface area contributed by atoms with Gasteiger partial charge >= 0.3 is 0 Å². The minimum Gasteiger partial charge on any atom is -0.454 e. The molecule has 23 heavy (non-hydrogen) atoms. The van der Waals surface area contributed by atoms with Crippen molar-refractivity contribution in [2.75, 3.05) is 0 Å². The Morgan fingerprint density at radius 2 is 2.00 bits per heavy atom. The molecule has 0 bridgehead atoms. The number of aromatic nitrogens is 1. The summed E-state index contributed by atoms with van der Waals surface area (Å²) >= 11 is 0. The van der Waals surface area contributed by atoms with Crippen LogP contribution in [-0.2, 0) is 0 Å². The number of aryl methyl sites for hydroxylation is 1. The highest BCUT2D eigenvalue weighted by molar-refractivity contribution is 5.94. The van der Waals surface area contributed by atoms with Gasteiger partial charge in [-0.1, -0.05) is 0 Å². The van der Waals surface area contributed by atoms with E-state index in [2.05, 4.69) is 4.98 Å². The van der Waals surface area contributed by atoms with Crippen molar-refractivity contribution in [1.82, 2.24) is 10.4 Å². The number of amides is 1. The molecule has 0 aliphatic carbocycles. The number of hydrazine groups is 1. The predicted octanol–water partition coefficient (Wildman–Crippen LogP) is 3.15. The minimum atomic E-state index is -0.800. The summed E-state index contributed by atoms with van der Waals surface area (Å²) in [5.41, 5.74) is 2.80. The van der Waals surface area contributed by atoms with Crippen molar-refractivity contribution in [1.29, 1.82) is 0 Å². The molecule has 0 spiro atoms. The average Bonchev–Trinajstić information content (AvgIpc) is 3.00. The van der Waals surface area contributed by atoms with Crippen LogP contribution >= 0.6 is 0 Å². The van der Waals surface area contributed by atoms with Crippen molar-refractivity contribution in [2.45, 2.75) is 6.92 Å². The van der Waals surface area contributed by atoms with Crippen LogP contribution < -0.4 is 16.0 Å². The van der Waals surface area contributed by atoms with Crippen LogP contribution in [0.1, 0.15) is 15.9 Å². The molecule has 0 atom stereocenters. The smallest absolute Gasteiger partial charge is 0.268 e. The van der Waals surface area contributed by atoms with Crippen molar-refractivity contribution in [3.8, 4) is 11.5 Å². The number of nitrogens with two attached hydrogens (primary N) is 1. The van der Waals surface area contributed by atoms with Crippen LogP contribution in [0.5, 0.6) is 11.5 Å². The van der Waals surface area contributed by atoms with Gasteiger partial charge in [0.1, 0.15) is 11.6 Å². The first-order valence-corrected chi connectivity index (χ1v) is 6.76. The Balaban J connectivity index is 2.04. The first-order valence-electron chi connectivity index (χ1n) is 6.76. The highest BCUT2D eigenvalue weighted by atomic mass is 19.1. The number of carbonyl (C=O) groups is 1. The molecule has 0 aliphatic heterocycles. The van der Waals surface area contributed by atoms with E-state index in [0.29, 0.717) is 11.1 Å². The molecule has 1 aromatic heterocycles. The fraction of sp³-hybridized carbons (Fsp3) is 0.0625. The molecule has 0 unspecified atom stereocenters. The number of H-pyrrole nitrogens is 1. The maximum Gasteiger partial charge on any atom is 0.268 e. The molecule has 5 nitrogen and oxygen atoms in total. The minimum absolute atomic E-state index is 0.0165. The van der Waals surface area contributed by atoms with Gasteiger partial charge in [0.2, 0.25) is 0 Å². The number of rotatable bonds is 3. The molecule has 0 saturated heterocycles. The van der Waals surface area contributed by atoms with Crippen LogP contribution in [0.2, 0.25) is 0 Å². The predicted molar refractivity (Wildman–Crippen MR) is 81.1 cm³/mol. The van der Waals surface area contributed by atoms with E-state index in [1.54, 1.807) is 19.2 Å². The maximum absolute atomic E-state index is 14.2. The molecule has 0 saturated carbocycles. The van der Waals surface area contributed by atoms with E-state index in [0.717, 1.165) is 17.5 Å². The van der Waals surface area contributed by atoms with E-state index < -0.39 is 17.5 Å². The van der Waals surface area contributed by atoms with Crippen molar-refractivity contribution in [3.63, 3.8) is 0 Å². The van der Waals surface area contributed by atoms with Gasteiger partial charge in [0.05, 0.1) is 5.56 Å². The zero-order valence-corrected chi connectivity index (χ0v) is 12.1. The lowest BCUT2D eigenvalue weighted by atomic mass is 10.1. The second kappa shape index (κ2) is 5.69. The summed E-state index contributed by atoms with van der Waals surface area (Å²) in [4.78, 5) is 14.4. The van der Waals surface area contributed by atoms with E-state index in [-0.39, 0.29) is 17.1 Å². The third-order valence-corrected chi connectivity index (χ3v) is 3.55. The van der Waals surface area contributed by atoms with E-state index in [1.807, 2.05) is 5.43 Å². The standard InChI is InChI=1S/C16H13F2N3O2/c1-8-10-4-5-20-14(10)7-13(18)15(8)23-9-2-3-12(17)11(6-9)16(22)21-19/h2-7,20H,19H2,1H3,(H,21,22). The maximum atomic E-state index is 14.2. The molecule has 0 aliphatic rings. The van der Waals surface area contributed by atoms with Crippen LogP contribution in [-0.4, -0.2) is 10.9 Å². The molecular weight excluding hydrogens is 304 g/mol. The van der Waals surface area contributed by atoms with Gasteiger partial charge < -0.3 is 9.72 Å². The number of hydrogen-bond acceptors (Lipinski definition) is 3. The summed E-state index contributed by atoms with van der Waals surface area (Å²) in [6, 6.07) is 6.64. The van der Waals surface area contributed by atoms with Crippen molar-refractivity contribution in [2.24, 2.45) is 5.84 Å². The Labute approximate surface area is 130 Å². The molecule has 4 N–H and O–H groups in total. The first-order chi connectivity index (χ1) is 11.0. The average molecular weight is 317 g/mol. The summed E-state index contributed by atoms with van der Waals surface area (Å²) in [6.45, 7) is 1.71. The molecule has 1 amide bonds. The second-order valence-corrected chi connectivity index (χ2v) is 4.97. The second-order valence-electron chi connectivity index (χ2n) is 4.97. The van der Waals surface area contributed by atoms with Crippen LogP contribution in [0, 0.1) is 18.6 Å². The van der Waals surface area contributed by atoms with E-state index in [4.69, 9.17) is 10.6 Å². The van der Waals surface area contributed by atoms with Gasteiger partial charge in [0.25, 0.3) is 5.91 Å². The molecule has 0 fully saturated rings. The number of nitrogen functional groups attached to an aromatic ring is 1. The van der Waals surface area contributed by atoms with Crippen molar-refractivity contribution >= 4 is 16.8 Å². The zero-order valence-electron chi connectivity index (χ0n) is 12.1. The number of nitrogens with one attached hydrogen (secondary N) is 2. The van der Waals surface area contributed by atoms with E-state index in [1.165, 1.54) is 12.1 Å². The summed E-state index contributed by atoms with van der Waals surface area (Å²) in [5, 5.41) is 0.809. The Kier molecular flexibility index (Phi) is 3.71. The fourth-order valence-corrected chi connectivity index (χ4v) is 2.39. The molecule has 3 aromatic rings. The third-order valence-electron chi connectivity index (χ3n) is 3.55. The number of ether oxygens (including phenoxy) is 1. The molecular formula is C16H13F2N3O2. The normalized spacial score (nSPS) is 10.8. The van der Waals surface area contributed by atoms with Crippen LogP contribution in [0.25, 0.3) is 10.9 Å². The number of hydrogen-bond donors (Lipinski definition) is 3. The van der Waals surface area contributed by atoms with Crippen LogP contribution in [0.15, 0.2) is 36.5 Å². The lowest BCUT2D eigenvalue weighted by Gasteiger charge is -2.12. The summed E-state index contributed by atoms with van der Waals surface area (Å²) in [6.07, 6.45) is 1.70. The van der Waals surface area contributed by atoms with Gasteiger partial charge in [-0.15, -0.1) is 0 Å². The number of halogens is 2. The van der Waals surface area contributed by atoms with Gasteiger partial charge in [-0.3, -0.25) is 10.2 Å². The number of fused-ring (bicyclic) bond motifs is 1. The Morgan fingerprint density at radius 3 is 2.74 bits per heavy atom. The lowest BCUT2D eigenvalue weighted by Crippen LogP contribution is -2.30. The van der Waals surface area contributed by atoms with Crippen molar-refractivity contribution in [3.05, 3.63) is 59.3 Å². The number of carbonyl (C=O) groups excluding carboxylic acids is 1. The third kappa shape index (κ3) is 2.62. The molecule has 3 rings (SSSR count). The largest absolute Gasteiger partial charge is 0.454 e. The SMILES string of the molecule is Cc1c(Oc2ccc(F)c(C(=O)NN)c2)c(F)cc2[nH]ccc12. The summed E-state index contributed by atoms with van der Waals surface area (Å²) in [5.74, 6) is 3.03.